The molecule has 0 fully saturated rings. The van der Waals surface area contributed by atoms with Gasteiger partial charge in [-0.2, -0.15) is 4.98 Å². The largest absolute Gasteiger partial charge is 0.377 e. The maximum Gasteiger partial charge on any atom is 0.364 e. The third-order valence-electron chi connectivity index (χ3n) is 1.28. The lowest BCUT2D eigenvalue weighted by atomic mass is 10.5. The van der Waals surface area contributed by atoms with Gasteiger partial charge in [0.25, 0.3) is 0 Å². The van der Waals surface area contributed by atoms with E-state index in [0.29, 0.717) is 12.2 Å². The van der Waals surface area contributed by atoms with Crippen molar-refractivity contribution in [3.8, 4) is 0 Å². The van der Waals surface area contributed by atoms with E-state index in [1.54, 1.807) is 0 Å². The number of nitrogens with two attached hydrogens (primary N) is 1. The molecule has 3 N–H and O–H groups in total. The molecule has 0 aliphatic rings. The number of nitrogen functional groups attached to an aromatic ring is 1. The van der Waals surface area contributed by atoms with Crippen LogP contribution >= 0.6 is 0 Å². The maximum atomic E-state index is 10.2. The Morgan fingerprint density at radius 1 is 1.82 bits per heavy atom. The fourth-order valence-electron chi connectivity index (χ4n) is 0.734. The second kappa shape index (κ2) is 2.57. The van der Waals surface area contributed by atoms with Gasteiger partial charge in [0.1, 0.15) is 0 Å². The highest BCUT2D eigenvalue weighted by Crippen LogP contribution is 2.16. The van der Waals surface area contributed by atoms with Crippen molar-refractivity contribution in [3.05, 3.63) is 15.9 Å². The van der Waals surface area contributed by atoms with Gasteiger partial charge in [0.2, 0.25) is 5.82 Å². The van der Waals surface area contributed by atoms with E-state index >= 15 is 0 Å². The predicted molar refractivity (Wildman–Crippen MR) is 39.0 cm³/mol. The Kier molecular flexibility index (Phi) is 1.75. The quantitative estimate of drug-likeness (QED) is 0.480. The third kappa shape index (κ3) is 1.28. The van der Waals surface area contributed by atoms with Crippen LogP contribution in [0.3, 0.4) is 0 Å². The second-order valence-electron chi connectivity index (χ2n) is 2.03. The zero-order valence-electron chi connectivity index (χ0n) is 6.00. The van der Waals surface area contributed by atoms with Crippen molar-refractivity contribution in [3.63, 3.8) is 0 Å². The van der Waals surface area contributed by atoms with E-state index in [-0.39, 0.29) is 11.6 Å². The second-order valence-corrected chi connectivity index (χ2v) is 2.03. The molecule has 0 saturated heterocycles. The molecule has 6 heteroatoms. The van der Waals surface area contributed by atoms with Crippen LogP contribution in [-0.4, -0.2) is 14.9 Å². The summed E-state index contributed by atoms with van der Waals surface area (Å²) < 4.78 is 0. The minimum Gasteiger partial charge on any atom is -0.377 e. The van der Waals surface area contributed by atoms with E-state index in [4.69, 9.17) is 5.73 Å². The Balaban J connectivity index is 3.07. The van der Waals surface area contributed by atoms with Crippen molar-refractivity contribution in [1.82, 2.24) is 9.97 Å². The van der Waals surface area contributed by atoms with Gasteiger partial charge in [-0.15, -0.1) is 0 Å². The number of hydrogen-bond acceptors (Lipinski definition) is 4. The van der Waals surface area contributed by atoms with Gasteiger partial charge < -0.3 is 15.8 Å². The monoisotopic (exact) mass is 156 g/mol. The van der Waals surface area contributed by atoms with Crippen LogP contribution in [0.1, 0.15) is 12.7 Å². The van der Waals surface area contributed by atoms with Crippen LogP contribution in [0.4, 0.5) is 11.6 Å². The number of nitro groups is 1. The molecule has 11 heavy (non-hydrogen) atoms. The number of nitrogens with one attached hydrogen (secondary N) is 1. The molecular formula is C5H8N4O2. The van der Waals surface area contributed by atoms with Crippen LogP contribution in [0.5, 0.6) is 0 Å². The molecule has 0 saturated carbocycles. The number of aromatic amines is 1. The standard InChI is InChI=1S/C5H8N4O2/c1-2-3-7-4(6)5(8-3)9(10)11/h2,6H2,1H3,(H,7,8). The fourth-order valence-corrected chi connectivity index (χ4v) is 0.734. The number of hydrogen-bond donors (Lipinski definition) is 2. The lowest BCUT2D eigenvalue weighted by molar-refractivity contribution is -0.388. The van der Waals surface area contributed by atoms with Gasteiger partial charge in [-0.25, -0.2) is 4.98 Å². The topological polar surface area (TPSA) is 97.8 Å². The van der Waals surface area contributed by atoms with E-state index in [2.05, 4.69) is 9.97 Å². The molecule has 1 aromatic rings. The molecule has 0 atom stereocenters. The minimum atomic E-state index is -0.582. The highest BCUT2D eigenvalue weighted by molar-refractivity contribution is 5.47. The lowest BCUT2D eigenvalue weighted by Gasteiger charge is -1.87. The number of nitrogens with zero attached hydrogens (tertiary/aromatic N) is 2. The van der Waals surface area contributed by atoms with E-state index in [9.17, 15) is 10.1 Å². The molecule has 1 heterocycles. The molecule has 0 unspecified atom stereocenters. The zero-order valence-corrected chi connectivity index (χ0v) is 6.00. The first kappa shape index (κ1) is 7.52. The molecule has 60 valence electrons. The first-order chi connectivity index (χ1) is 5.15. The Bertz CT molecular complexity index is 280. The Morgan fingerprint density at radius 2 is 2.45 bits per heavy atom. The van der Waals surface area contributed by atoms with Crippen LogP contribution in [-0.2, 0) is 6.42 Å². The van der Waals surface area contributed by atoms with Crippen LogP contribution in [0.15, 0.2) is 0 Å². The summed E-state index contributed by atoms with van der Waals surface area (Å²) in [5, 5.41) is 10.2. The Labute approximate surface area is 62.6 Å². The fraction of sp³-hybridized carbons (Fsp3) is 0.400. The summed E-state index contributed by atoms with van der Waals surface area (Å²) in [5.74, 6) is 0.267. The number of imidazole rings is 1. The van der Waals surface area contributed by atoms with Gasteiger partial charge >= 0.3 is 5.82 Å². The van der Waals surface area contributed by atoms with E-state index < -0.39 is 4.92 Å². The smallest absolute Gasteiger partial charge is 0.364 e. The summed E-state index contributed by atoms with van der Waals surface area (Å²) in [4.78, 5) is 15.8. The molecule has 0 spiro atoms. The summed E-state index contributed by atoms with van der Waals surface area (Å²) in [6, 6.07) is 0. The first-order valence-electron chi connectivity index (χ1n) is 3.14. The molecule has 0 radical (unpaired) electrons. The molecule has 1 rings (SSSR count). The number of H-pyrrole nitrogens is 1. The summed E-state index contributed by atoms with van der Waals surface area (Å²) in [6.45, 7) is 1.84. The van der Waals surface area contributed by atoms with Crippen LogP contribution in [0.25, 0.3) is 0 Å². The first-order valence-corrected chi connectivity index (χ1v) is 3.14. The number of aromatic nitrogens is 2. The highest BCUT2D eigenvalue weighted by atomic mass is 16.6. The van der Waals surface area contributed by atoms with Crippen molar-refractivity contribution in [2.24, 2.45) is 0 Å². The van der Waals surface area contributed by atoms with Crippen molar-refractivity contribution < 1.29 is 4.92 Å². The number of rotatable bonds is 2. The minimum absolute atomic E-state index is 0.0492. The van der Waals surface area contributed by atoms with Crippen molar-refractivity contribution in [1.29, 1.82) is 0 Å². The predicted octanol–water partition coefficient (Wildman–Crippen LogP) is 0.462. The lowest BCUT2D eigenvalue weighted by Crippen LogP contribution is -1.93. The zero-order chi connectivity index (χ0) is 8.43. The molecule has 6 nitrogen and oxygen atoms in total. The molecule has 0 aliphatic carbocycles. The van der Waals surface area contributed by atoms with Crippen LogP contribution in [0.2, 0.25) is 0 Å². The highest BCUT2D eigenvalue weighted by Gasteiger charge is 2.15. The van der Waals surface area contributed by atoms with Gasteiger partial charge in [0.15, 0.2) is 5.82 Å². The van der Waals surface area contributed by atoms with E-state index in [1.165, 1.54) is 0 Å². The van der Waals surface area contributed by atoms with Gasteiger partial charge in [-0.1, -0.05) is 6.92 Å². The van der Waals surface area contributed by atoms with Crippen molar-refractivity contribution in [2.75, 3.05) is 5.73 Å². The molecular weight excluding hydrogens is 148 g/mol. The molecule has 0 aliphatic heterocycles. The molecule has 1 aromatic heterocycles. The summed E-state index contributed by atoms with van der Waals surface area (Å²) in [7, 11) is 0. The molecule has 0 aromatic carbocycles. The molecule has 0 bridgehead atoms. The van der Waals surface area contributed by atoms with Gasteiger partial charge in [-0.3, -0.25) is 0 Å². The number of aryl methyl sites for hydroxylation is 1. The van der Waals surface area contributed by atoms with Crippen LogP contribution < -0.4 is 5.73 Å². The van der Waals surface area contributed by atoms with Crippen molar-refractivity contribution in [2.45, 2.75) is 13.3 Å². The maximum absolute atomic E-state index is 10.2. The summed E-state index contributed by atoms with van der Waals surface area (Å²) >= 11 is 0. The van der Waals surface area contributed by atoms with E-state index in [0.717, 1.165) is 0 Å². The van der Waals surface area contributed by atoms with Gasteiger partial charge in [0, 0.05) is 6.42 Å². The average molecular weight is 156 g/mol. The van der Waals surface area contributed by atoms with Crippen molar-refractivity contribution >= 4 is 11.6 Å². The molecule has 0 amide bonds. The van der Waals surface area contributed by atoms with E-state index in [1.807, 2.05) is 6.92 Å². The average Bonchev–Trinajstić information content (AvgIpc) is 2.30. The van der Waals surface area contributed by atoms with Gasteiger partial charge in [0.05, 0.1) is 0 Å². The Hall–Kier alpha value is -1.59. The summed E-state index contributed by atoms with van der Waals surface area (Å²) in [6.07, 6.45) is 0.609. The van der Waals surface area contributed by atoms with Crippen LogP contribution in [0, 0.1) is 10.1 Å². The third-order valence-corrected chi connectivity index (χ3v) is 1.28. The van der Waals surface area contributed by atoms with Gasteiger partial charge in [-0.05, 0) is 4.92 Å². The number of anilines is 1. The summed E-state index contributed by atoms with van der Waals surface area (Å²) in [5.41, 5.74) is 5.23. The Morgan fingerprint density at radius 3 is 2.73 bits per heavy atom. The SMILES string of the molecule is CCc1nc(N)c([N+](=O)[O-])[nH]1. The normalized spacial score (nSPS) is 9.91.